The molecule has 0 atom stereocenters. The monoisotopic (exact) mass is 342 g/mol. The predicted molar refractivity (Wildman–Crippen MR) is 75.6 cm³/mol. The molecule has 0 fully saturated rings. The third kappa shape index (κ3) is 4.54. The van der Waals surface area contributed by atoms with E-state index in [2.05, 4.69) is 31.0 Å². The van der Waals surface area contributed by atoms with Gasteiger partial charge in [0.1, 0.15) is 5.75 Å². The zero-order valence-electron chi connectivity index (χ0n) is 10.5. The van der Waals surface area contributed by atoms with Crippen LogP contribution in [0, 0.1) is 0 Å². The summed E-state index contributed by atoms with van der Waals surface area (Å²) in [5.41, 5.74) is 1.75. The maximum Gasteiger partial charge on any atom is 0.387 e. The highest BCUT2D eigenvalue weighted by atomic mass is 79.9. The molecular weight excluding hydrogens is 330 g/mol. The van der Waals surface area contributed by atoms with Crippen molar-refractivity contribution < 1.29 is 13.5 Å². The minimum atomic E-state index is -2.82. The number of aromatic nitrogens is 1. The van der Waals surface area contributed by atoms with E-state index in [1.807, 2.05) is 12.1 Å². The van der Waals surface area contributed by atoms with Crippen molar-refractivity contribution in [2.24, 2.45) is 0 Å². The molecule has 0 amide bonds. The second kappa shape index (κ2) is 7.31. The van der Waals surface area contributed by atoms with Crippen LogP contribution in [0.1, 0.15) is 11.1 Å². The van der Waals surface area contributed by atoms with Crippen LogP contribution in [0.5, 0.6) is 5.75 Å². The lowest BCUT2D eigenvalue weighted by atomic mass is 10.2. The van der Waals surface area contributed by atoms with Crippen molar-refractivity contribution >= 4 is 15.9 Å². The summed E-state index contributed by atoms with van der Waals surface area (Å²) in [6, 6.07) is 8.75. The molecule has 0 radical (unpaired) electrons. The third-order valence-electron chi connectivity index (χ3n) is 2.63. The van der Waals surface area contributed by atoms with E-state index in [-0.39, 0.29) is 5.75 Å². The van der Waals surface area contributed by atoms with E-state index in [1.165, 1.54) is 6.07 Å². The molecule has 0 saturated carbocycles. The molecule has 2 rings (SSSR count). The topological polar surface area (TPSA) is 34.1 Å². The fourth-order valence-corrected chi connectivity index (χ4v) is 2.15. The molecule has 0 unspecified atom stereocenters. The van der Waals surface area contributed by atoms with Crippen LogP contribution in [0.4, 0.5) is 8.78 Å². The number of hydrogen-bond donors (Lipinski definition) is 1. The van der Waals surface area contributed by atoms with Crippen molar-refractivity contribution in [3.63, 3.8) is 0 Å². The Kier molecular flexibility index (Phi) is 5.43. The summed E-state index contributed by atoms with van der Waals surface area (Å²) < 4.78 is 30.0. The molecule has 1 N–H and O–H groups in total. The average Bonchev–Trinajstić information content (AvgIpc) is 2.42. The molecular formula is C14H13BrF2N2O. The quantitative estimate of drug-likeness (QED) is 0.868. The minimum absolute atomic E-state index is 0.186. The zero-order chi connectivity index (χ0) is 14.4. The fraction of sp³-hybridized carbons (Fsp3) is 0.214. The largest absolute Gasteiger partial charge is 0.434 e. The van der Waals surface area contributed by atoms with E-state index >= 15 is 0 Å². The van der Waals surface area contributed by atoms with Crippen molar-refractivity contribution in [1.82, 2.24) is 10.3 Å². The van der Waals surface area contributed by atoms with Crippen LogP contribution in [0.25, 0.3) is 0 Å². The molecule has 0 aliphatic heterocycles. The Balaban J connectivity index is 1.99. The fourth-order valence-electron chi connectivity index (χ4n) is 1.74. The predicted octanol–water partition coefficient (Wildman–Crippen LogP) is 3.74. The molecule has 3 nitrogen and oxygen atoms in total. The second-order valence-electron chi connectivity index (χ2n) is 4.09. The number of ether oxygens (including phenoxy) is 1. The smallest absolute Gasteiger partial charge is 0.387 e. The van der Waals surface area contributed by atoms with E-state index in [0.29, 0.717) is 18.7 Å². The Hall–Kier alpha value is -1.53. The molecule has 0 saturated heterocycles. The number of benzene rings is 1. The number of nitrogens with one attached hydrogen (secondary N) is 1. The molecule has 1 aromatic heterocycles. The van der Waals surface area contributed by atoms with Crippen molar-refractivity contribution in [3.8, 4) is 5.75 Å². The van der Waals surface area contributed by atoms with Crippen molar-refractivity contribution in [2.45, 2.75) is 19.7 Å². The van der Waals surface area contributed by atoms with Crippen LogP contribution in [-0.2, 0) is 13.1 Å². The Morgan fingerprint density at radius 2 is 1.90 bits per heavy atom. The molecule has 20 heavy (non-hydrogen) atoms. The number of alkyl halides is 2. The van der Waals surface area contributed by atoms with Gasteiger partial charge in [-0.15, -0.1) is 0 Å². The van der Waals surface area contributed by atoms with Gasteiger partial charge in [0.05, 0.1) is 0 Å². The molecule has 0 bridgehead atoms. The summed E-state index contributed by atoms with van der Waals surface area (Å²) in [7, 11) is 0. The molecule has 0 aliphatic rings. The number of halogens is 3. The normalized spacial score (nSPS) is 10.8. The molecule has 106 valence electrons. The number of nitrogens with zero attached hydrogens (tertiary/aromatic N) is 1. The van der Waals surface area contributed by atoms with Gasteiger partial charge in [-0.25, -0.2) is 0 Å². The Bertz CT molecular complexity index is 552. The lowest BCUT2D eigenvalue weighted by molar-refractivity contribution is -0.0505. The molecule has 0 spiro atoms. The minimum Gasteiger partial charge on any atom is -0.434 e. The van der Waals surface area contributed by atoms with E-state index in [1.54, 1.807) is 24.5 Å². The first-order valence-corrected chi connectivity index (χ1v) is 6.77. The highest BCUT2D eigenvalue weighted by molar-refractivity contribution is 9.10. The maximum absolute atomic E-state index is 12.3. The van der Waals surface area contributed by atoms with Gasteiger partial charge in [0.2, 0.25) is 0 Å². The first kappa shape index (κ1) is 14.9. The molecule has 0 aliphatic carbocycles. The van der Waals surface area contributed by atoms with E-state index < -0.39 is 6.61 Å². The zero-order valence-corrected chi connectivity index (χ0v) is 12.1. The van der Waals surface area contributed by atoms with Crippen molar-refractivity contribution in [1.29, 1.82) is 0 Å². The second-order valence-corrected chi connectivity index (χ2v) is 5.01. The Morgan fingerprint density at radius 3 is 2.60 bits per heavy atom. The van der Waals surface area contributed by atoms with E-state index in [9.17, 15) is 8.78 Å². The SMILES string of the molecule is FC(F)Oc1ccc(Br)cc1CNCc1ccncc1. The van der Waals surface area contributed by atoms with Gasteiger partial charge in [-0.2, -0.15) is 8.78 Å². The van der Waals surface area contributed by atoms with Crippen molar-refractivity contribution in [2.75, 3.05) is 0 Å². The van der Waals surface area contributed by atoms with Crippen LogP contribution in [-0.4, -0.2) is 11.6 Å². The van der Waals surface area contributed by atoms with Crippen LogP contribution in [0.15, 0.2) is 47.2 Å². The number of hydrogen-bond acceptors (Lipinski definition) is 3. The van der Waals surface area contributed by atoms with Crippen LogP contribution in [0.2, 0.25) is 0 Å². The molecule has 1 aromatic carbocycles. The summed E-state index contributed by atoms with van der Waals surface area (Å²) in [4.78, 5) is 3.93. The molecule has 2 aromatic rings. The summed E-state index contributed by atoms with van der Waals surface area (Å²) in [6.45, 7) is -1.76. The van der Waals surface area contributed by atoms with Crippen LogP contribution >= 0.6 is 15.9 Å². The van der Waals surface area contributed by atoms with Gasteiger partial charge in [-0.1, -0.05) is 15.9 Å². The average molecular weight is 343 g/mol. The Labute approximate surface area is 124 Å². The Morgan fingerprint density at radius 1 is 1.15 bits per heavy atom. The lowest BCUT2D eigenvalue weighted by Gasteiger charge is -2.12. The van der Waals surface area contributed by atoms with Gasteiger partial charge in [0.15, 0.2) is 0 Å². The maximum atomic E-state index is 12.3. The summed E-state index contributed by atoms with van der Waals surface area (Å²) in [5, 5.41) is 3.19. The van der Waals surface area contributed by atoms with E-state index in [4.69, 9.17) is 0 Å². The van der Waals surface area contributed by atoms with Crippen molar-refractivity contribution in [3.05, 3.63) is 58.3 Å². The highest BCUT2D eigenvalue weighted by Crippen LogP contribution is 2.24. The number of rotatable bonds is 6. The summed E-state index contributed by atoms with van der Waals surface area (Å²) in [5.74, 6) is 0.186. The number of pyridine rings is 1. The van der Waals surface area contributed by atoms with Crippen LogP contribution < -0.4 is 10.1 Å². The van der Waals surface area contributed by atoms with Gasteiger partial charge in [0.25, 0.3) is 0 Å². The van der Waals surface area contributed by atoms with Gasteiger partial charge >= 0.3 is 6.61 Å². The first-order chi connectivity index (χ1) is 9.65. The van der Waals surface area contributed by atoms with Gasteiger partial charge in [0, 0.05) is 35.5 Å². The third-order valence-corrected chi connectivity index (χ3v) is 3.13. The van der Waals surface area contributed by atoms with Crippen LogP contribution in [0.3, 0.4) is 0 Å². The first-order valence-electron chi connectivity index (χ1n) is 5.98. The highest BCUT2D eigenvalue weighted by Gasteiger charge is 2.09. The van der Waals surface area contributed by atoms with Gasteiger partial charge in [-0.3, -0.25) is 4.98 Å². The summed E-state index contributed by atoms with van der Waals surface area (Å²) >= 11 is 3.32. The molecule has 1 heterocycles. The summed E-state index contributed by atoms with van der Waals surface area (Å²) in [6.07, 6.45) is 3.42. The molecule has 6 heteroatoms. The van der Waals surface area contributed by atoms with Gasteiger partial charge < -0.3 is 10.1 Å². The standard InChI is InChI=1S/C14H13BrF2N2O/c15-12-1-2-13(20-14(16)17)11(7-12)9-19-8-10-3-5-18-6-4-10/h1-7,14,19H,8-9H2. The van der Waals surface area contributed by atoms with Gasteiger partial charge in [-0.05, 0) is 35.9 Å². The van der Waals surface area contributed by atoms with E-state index in [0.717, 1.165) is 10.0 Å². The lowest BCUT2D eigenvalue weighted by Crippen LogP contribution is -2.14.